The van der Waals surface area contributed by atoms with Gasteiger partial charge in [0, 0.05) is 0 Å². The Labute approximate surface area is 178 Å². The molecule has 2 aromatic rings. The molecule has 6 nitrogen and oxygen atoms in total. The summed E-state index contributed by atoms with van der Waals surface area (Å²) in [7, 11) is 0. The maximum atomic E-state index is 12.8. The highest BCUT2D eigenvalue weighted by Crippen LogP contribution is 2.35. The van der Waals surface area contributed by atoms with Crippen LogP contribution < -0.4 is 9.75 Å². The number of carbonyl (C=O) groups excluding carboxylic acids is 2. The normalized spacial score (nSPS) is 14.9. The van der Waals surface area contributed by atoms with Crippen LogP contribution in [0.15, 0.2) is 53.1 Å². The van der Waals surface area contributed by atoms with Gasteiger partial charge in [0.1, 0.15) is 0 Å². The molecule has 0 bridgehead atoms. The molecule has 8 heteroatoms. The Bertz CT molecular complexity index is 980. The SMILES string of the molecule is CCOC(=O)COc1c(Cl)cc(/C=C2/C(=O)N(c3ccccc3)N=C2C)cc1Cl. The van der Waals surface area contributed by atoms with Crippen LogP contribution in [0.1, 0.15) is 19.4 Å². The molecular weight excluding hydrogens is 415 g/mol. The van der Waals surface area contributed by atoms with Crippen molar-refractivity contribution in [1.82, 2.24) is 0 Å². The van der Waals surface area contributed by atoms with Gasteiger partial charge in [0.25, 0.3) is 5.91 Å². The van der Waals surface area contributed by atoms with Crippen LogP contribution in [0.3, 0.4) is 0 Å². The van der Waals surface area contributed by atoms with Gasteiger partial charge in [-0.1, -0.05) is 41.4 Å². The first-order valence-electron chi connectivity index (χ1n) is 8.85. The van der Waals surface area contributed by atoms with Crippen LogP contribution in [0, 0.1) is 0 Å². The van der Waals surface area contributed by atoms with Crippen molar-refractivity contribution in [3.8, 4) is 5.75 Å². The summed E-state index contributed by atoms with van der Waals surface area (Å²) in [5.74, 6) is -0.587. The van der Waals surface area contributed by atoms with Gasteiger partial charge in [0.15, 0.2) is 12.4 Å². The van der Waals surface area contributed by atoms with Gasteiger partial charge in [0.2, 0.25) is 0 Å². The van der Waals surface area contributed by atoms with E-state index in [0.717, 1.165) is 0 Å². The largest absolute Gasteiger partial charge is 0.479 e. The number of benzene rings is 2. The van der Waals surface area contributed by atoms with E-state index in [9.17, 15) is 9.59 Å². The first-order chi connectivity index (χ1) is 13.9. The summed E-state index contributed by atoms with van der Waals surface area (Å²) in [5, 5.41) is 6.12. The maximum absolute atomic E-state index is 12.8. The van der Waals surface area contributed by atoms with E-state index >= 15 is 0 Å². The molecule has 1 heterocycles. The molecule has 0 unspecified atom stereocenters. The van der Waals surface area contributed by atoms with Gasteiger partial charge >= 0.3 is 5.97 Å². The lowest BCUT2D eigenvalue weighted by atomic mass is 10.1. The second kappa shape index (κ2) is 9.11. The quantitative estimate of drug-likeness (QED) is 0.488. The number of amides is 1. The minimum absolute atomic E-state index is 0.178. The molecule has 29 heavy (non-hydrogen) atoms. The molecule has 2 aromatic carbocycles. The number of halogens is 2. The Morgan fingerprint density at radius 1 is 1.17 bits per heavy atom. The van der Waals surface area contributed by atoms with Crippen LogP contribution in [0.4, 0.5) is 5.69 Å². The molecule has 0 atom stereocenters. The van der Waals surface area contributed by atoms with Gasteiger partial charge < -0.3 is 9.47 Å². The summed E-state index contributed by atoms with van der Waals surface area (Å²) in [5.41, 5.74) is 2.30. The Morgan fingerprint density at radius 3 is 2.45 bits per heavy atom. The third-order valence-corrected chi connectivity index (χ3v) is 4.60. The molecule has 0 spiro atoms. The number of nitrogens with zero attached hydrogens (tertiary/aromatic N) is 2. The summed E-state index contributed by atoms with van der Waals surface area (Å²) in [6, 6.07) is 12.4. The van der Waals surface area contributed by atoms with E-state index in [1.807, 2.05) is 18.2 Å². The fraction of sp³-hybridized carbons (Fsp3) is 0.190. The first-order valence-corrected chi connectivity index (χ1v) is 9.60. The molecule has 1 aliphatic heterocycles. The average molecular weight is 433 g/mol. The van der Waals surface area contributed by atoms with Gasteiger partial charge in [0.05, 0.1) is 33.6 Å². The highest BCUT2D eigenvalue weighted by atomic mass is 35.5. The minimum atomic E-state index is -0.518. The number of esters is 1. The van der Waals surface area contributed by atoms with Gasteiger partial charge in [-0.15, -0.1) is 0 Å². The van der Waals surface area contributed by atoms with Gasteiger partial charge in [-0.2, -0.15) is 10.1 Å². The molecule has 0 aromatic heterocycles. The van der Waals surface area contributed by atoms with E-state index in [1.165, 1.54) is 5.01 Å². The van der Waals surface area contributed by atoms with Gasteiger partial charge in [-0.3, -0.25) is 4.79 Å². The Kier molecular flexibility index (Phi) is 6.56. The summed E-state index contributed by atoms with van der Waals surface area (Å²) in [6.07, 6.45) is 1.66. The lowest BCUT2D eigenvalue weighted by molar-refractivity contribution is -0.145. The topological polar surface area (TPSA) is 68.2 Å². The average Bonchev–Trinajstić information content (AvgIpc) is 2.96. The zero-order valence-corrected chi connectivity index (χ0v) is 17.3. The molecule has 1 aliphatic rings. The van der Waals surface area contributed by atoms with Crippen LogP contribution in [0.5, 0.6) is 5.75 Å². The summed E-state index contributed by atoms with van der Waals surface area (Å²) in [4.78, 5) is 24.3. The lowest BCUT2D eigenvalue weighted by Gasteiger charge is -2.12. The third-order valence-electron chi connectivity index (χ3n) is 4.03. The number of ether oxygens (including phenoxy) is 2. The predicted octanol–water partition coefficient (Wildman–Crippen LogP) is 4.74. The summed E-state index contributed by atoms with van der Waals surface area (Å²) in [6.45, 7) is 3.41. The van der Waals surface area contributed by atoms with E-state index in [2.05, 4.69) is 5.10 Å². The van der Waals surface area contributed by atoms with Crippen molar-refractivity contribution in [1.29, 1.82) is 0 Å². The second-order valence-electron chi connectivity index (χ2n) is 6.10. The monoisotopic (exact) mass is 432 g/mol. The van der Waals surface area contributed by atoms with Crippen LogP contribution in [0.2, 0.25) is 10.0 Å². The van der Waals surface area contributed by atoms with Gasteiger partial charge in [-0.05, 0) is 49.8 Å². The summed E-state index contributed by atoms with van der Waals surface area (Å²) < 4.78 is 10.2. The Balaban J connectivity index is 1.83. The van der Waals surface area contributed by atoms with Crippen molar-refractivity contribution in [2.75, 3.05) is 18.2 Å². The molecule has 0 radical (unpaired) electrons. The van der Waals surface area contributed by atoms with Crippen LogP contribution in [0.25, 0.3) is 6.08 Å². The highest BCUT2D eigenvalue weighted by molar-refractivity contribution is 6.37. The Morgan fingerprint density at radius 2 is 1.83 bits per heavy atom. The smallest absolute Gasteiger partial charge is 0.344 e. The van der Waals surface area contributed by atoms with Crippen molar-refractivity contribution in [3.05, 3.63) is 63.6 Å². The molecular formula is C21H18Cl2N2O4. The van der Waals surface area contributed by atoms with Gasteiger partial charge in [-0.25, -0.2) is 4.79 Å². The highest BCUT2D eigenvalue weighted by Gasteiger charge is 2.28. The van der Waals surface area contributed by atoms with Crippen molar-refractivity contribution in [3.63, 3.8) is 0 Å². The van der Waals surface area contributed by atoms with Crippen LogP contribution in [-0.2, 0) is 14.3 Å². The number of hydrogen-bond donors (Lipinski definition) is 0. The molecule has 0 fully saturated rings. The minimum Gasteiger partial charge on any atom is -0.479 e. The van der Waals surface area contributed by atoms with Crippen molar-refractivity contribution >= 4 is 52.6 Å². The molecule has 0 N–H and O–H groups in total. The molecule has 0 aliphatic carbocycles. The zero-order valence-electron chi connectivity index (χ0n) is 15.8. The number of para-hydroxylation sites is 1. The van der Waals surface area contributed by atoms with Crippen LogP contribution >= 0.6 is 23.2 Å². The first kappa shape index (κ1) is 20.9. The van der Waals surface area contributed by atoms with E-state index in [4.69, 9.17) is 32.7 Å². The maximum Gasteiger partial charge on any atom is 0.344 e. The zero-order chi connectivity index (χ0) is 21.0. The van der Waals surface area contributed by atoms with Crippen molar-refractivity contribution in [2.24, 2.45) is 5.10 Å². The van der Waals surface area contributed by atoms with E-state index in [1.54, 1.807) is 44.2 Å². The third kappa shape index (κ3) is 4.78. The van der Waals surface area contributed by atoms with Crippen molar-refractivity contribution < 1.29 is 19.1 Å². The fourth-order valence-electron chi connectivity index (χ4n) is 2.73. The van der Waals surface area contributed by atoms with E-state index < -0.39 is 5.97 Å². The van der Waals surface area contributed by atoms with Crippen LogP contribution in [-0.4, -0.2) is 30.8 Å². The molecule has 150 valence electrons. The number of carbonyl (C=O) groups is 2. The lowest BCUT2D eigenvalue weighted by Crippen LogP contribution is -2.21. The standard InChI is InChI=1S/C21H18Cl2N2O4/c1-3-28-19(26)12-29-20-17(22)10-14(11-18(20)23)9-16-13(2)24-25(21(16)27)15-7-5-4-6-8-15/h4-11H,3,12H2,1-2H3/b16-9+. The molecule has 0 saturated carbocycles. The molecule has 0 saturated heterocycles. The Hall–Kier alpha value is -2.83. The number of anilines is 1. The number of rotatable bonds is 6. The van der Waals surface area contributed by atoms with Crippen molar-refractivity contribution in [2.45, 2.75) is 13.8 Å². The second-order valence-corrected chi connectivity index (χ2v) is 6.92. The predicted molar refractivity (Wildman–Crippen MR) is 114 cm³/mol. The molecule has 1 amide bonds. The molecule has 3 rings (SSSR count). The summed E-state index contributed by atoms with van der Waals surface area (Å²) >= 11 is 12.5. The fourth-order valence-corrected chi connectivity index (χ4v) is 3.34. The van der Waals surface area contributed by atoms with E-state index in [0.29, 0.717) is 22.5 Å². The number of hydrazone groups is 1. The van der Waals surface area contributed by atoms with E-state index in [-0.39, 0.29) is 34.9 Å². The number of hydrogen-bond acceptors (Lipinski definition) is 5.